The summed E-state index contributed by atoms with van der Waals surface area (Å²) in [5, 5.41) is 2.67. The van der Waals surface area contributed by atoms with Crippen molar-refractivity contribution in [3.63, 3.8) is 0 Å². The molecule has 0 radical (unpaired) electrons. The van der Waals surface area contributed by atoms with Gasteiger partial charge in [0.2, 0.25) is 0 Å². The molecule has 0 saturated carbocycles. The van der Waals surface area contributed by atoms with Gasteiger partial charge in [0.25, 0.3) is 0 Å². The van der Waals surface area contributed by atoms with Crippen LogP contribution in [0.5, 0.6) is 0 Å². The van der Waals surface area contributed by atoms with Gasteiger partial charge in [-0.05, 0) is 17.5 Å². The second-order valence-electron chi connectivity index (χ2n) is 3.73. The lowest BCUT2D eigenvalue weighted by atomic mass is 10.00. The lowest BCUT2D eigenvalue weighted by Crippen LogP contribution is -2.17. The van der Waals surface area contributed by atoms with Crippen LogP contribution in [0.3, 0.4) is 0 Å². The maximum Gasteiger partial charge on any atom is 0.407 e. The first kappa shape index (κ1) is 10.0. The molecule has 0 aromatic heterocycles. The SMILES string of the molecule is CCc1ccccc1CC1CNC(=O)O1. The summed E-state index contributed by atoms with van der Waals surface area (Å²) in [4.78, 5) is 10.9. The van der Waals surface area contributed by atoms with Crippen LogP contribution in [0, 0.1) is 0 Å². The van der Waals surface area contributed by atoms with E-state index in [1.807, 2.05) is 12.1 Å². The number of ether oxygens (including phenoxy) is 1. The molecular formula is C12H15NO2. The van der Waals surface area contributed by atoms with Crippen LogP contribution in [0.2, 0.25) is 0 Å². The van der Waals surface area contributed by atoms with E-state index in [1.165, 1.54) is 11.1 Å². The predicted octanol–water partition coefficient (Wildman–Crippen LogP) is 1.90. The van der Waals surface area contributed by atoms with Gasteiger partial charge < -0.3 is 10.1 Å². The molecule has 1 fully saturated rings. The van der Waals surface area contributed by atoms with Gasteiger partial charge in [-0.25, -0.2) is 4.79 Å². The zero-order valence-corrected chi connectivity index (χ0v) is 8.82. The van der Waals surface area contributed by atoms with Gasteiger partial charge in [0.05, 0.1) is 6.54 Å². The monoisotopic (exact) mass is 205 g/mol. The van der Waals surface area contributed by atoms with Crippen molar-refractivity contribution in [3.8, 4) is 0 Å². The van der Waals surface area contributed by atoms with E-state index in [0.29, 0.717) is 6.54 Å². The number of alkyl carbamates (subject to hydrolysis) is 1. The molecule has 3 heteroatoms. The largest absolute Gasteiger partial charge is 0.444 e. The van der Waals surface area contributed by atoms with E-state index in [0.717, 1.165) is 12.8 Å². The fourth-order valence-corrected chi connectivity index (χ4v) is 1.89. The summed E-state index contributed by atoms with van der Waals surface area (Å²) in [5.74, 6) is 0. The molecule has 1 atom stereocenters. The highest BCUT2D eigenvalue weighted by atomic mass is 16.6. The van der Waals surface area contributed by atoms with Crippen LogP contribution in [-0.4, -0.2) is 18.7 Å². The normalized spacial score (nSPS) is 19.8. The molecule has 1 aromatic carbocycles. The molecule has 1 aliphatic heterocycles. The van der Waals surface area contributed by atoms with Gasteiger partial charge in [-0.2, -0.15) is 0 Å². The molecule has 2 rings (SSSR count). The summed E-state index contributed by atoms with van der Waals surface area (Å²) >= 11 is 0. The average Bonchev–Trinajstić information content (AvgIpc) is 2.65. The molecule has 1 N–H and O–H groups in total. The second-order valence-corrected chi connectivity index (χ2v) is 3.73. The molecule has 0 spiro atoms. The van der Waals surface area contributed by atoms with Crippen LogP contribution in [-0.2, 0) is 17.6 Å². The number of cyclic esters (lactones) is 1. The van der Waals surface area contributed by atoms with Crippen LogP contribution in [0.15, 0.2) is 24.3 Å². The van der Waals surface area contributed by atoms with Crippen LogP contribution >= 0.6 is 0 Å². The zero-order valence-electron chi connectivity index (χ0n) is 8.82. The summed E-state index contributed by atoms with van der Waals surface area (Å²) < 4.78 is 5.11. The van der Waals surface area contributed by atoms with E-state index < -0.39 is 0 Å². The highest BCUT2D eigenvalue weighted by Gasteiger charge is 2.22. The minimum absolute atomic E-state index is 0.00907. The second kappa shape index (κ2) is 4.34. The Balaban J connectivity index is 2.07. The smallest absolute Gasteiger partial charge is 0.407 e. The van der Waals surface area contributed by atoms with Crippen LogP contribution in [0.4, 0.5) is 4.79 Å². The van der Waals surface area contributed by atoms with Crippen molar-refractivity contribution in [2.45, 2.75) is 25.9 Å². The fraction of sp³-hybridized carbons (Fsp3) is 0.417. The zero-order chi connectivity index (χ0) is 10.7. The molecule has 80 valence electrons. The van der Waals surface area contributed by atoms with Crippen molar-refractivity contribution < 1.29 is 9.53 Å². The topological polar surface area (TPSA) is 38.3 Å². The number of rotatable bonds is 3. The number of carbonyl (C=O) groups excluding carboxylic acids is 1. The molecule has 3 nitrogen and oxygen atoms in total. The van der Waals surface area contributed by atoms with Crippen molar-refractivity contribution in [1.29, 1.82) is 0 Å². The quantitative estimate of drug-likeness (QED) is 0.818. The predicted molar refractivity (Wildman–Crippen MR) is 57.8 cm³/mol. The van der Waals surface area contributed by atoms with Gasteiger partial charge in [-0.1, -0.05) is 31.2 Å². The van der Waals surface area contributed by atoms with E-state index in [1.54, 1.807) is 0 Å². The molecule has 1 aliphatic rings. The Morgan fingerprint density at radius 2 is 2.13 bits per heavy atom. The standard InChI is InChI=1S/C12H15NO2/c1-2-9-5-3-4-6-10(9)7-11-8-13-12(14)15-11/h3-6,11H,2,7-8H2,1H3,(H,13,14). The Morgan fingerprint density at radius 3 is 2.73 bits per heavy atom. The molecule has 1 aromatic rings. The highest BCUT2D eigenvalue weighted by Crippen LogP contribution is 2.14. The minimum atomic E-state index is -0.297. The first-order valence-corrected chi connectivity index (χ1v) is 5.31. The maximum absolute atomic E-state index is 10.9. The third-order valence-electron chi connectivity index (χ3n) is 2.69. The van der Waals surface area contributed by atoms with Crippen LogP contribution < -0.4 is 5.32 Å². The van der Waals surface area contributed by atoms with Crippen molar-refractivity contribution >= 4 is 6.09 Å². The van der Waals surface area contributed by atoms with Crippen molar-refractivity contribution in [2.75, 3.05) is 6.54 Å². The van der Waals surface area contributed by atoms with E-state index >= 15 is 0 Å². The van der Waals surface area contributed by atoms with E-state index in [4.69, 9.17) is 4.74 Å². The third-order valence-corrected chi connectivity index (χ3v) is 2.69. The molecule has 1 saturated heterocycles. The van der Waals surface area contributed by atoms with Crippen LogP contribution in [0.25, 0.3) is 0 Å². The molecular weight excluding hydrogens is 190 g/mol. The third kappa shape index (κ3) is 2.29. The molecule has 0 bridgehead atoms. The number of nitrogens with one attached hydrogen (secondary N) is 1. The first-order chi connectivity index (χ1) is 7.29. The average molecular weight is 205 g/mol. The van der Waals surface area contributed by atoms with Crippen molar-refractivity contribution in [1.82, 2.24) is 5.32 Å². The molecule has 1 heterocycles. The molecule has 0 aliphatic carbocycles. The molecule has 1 unspecified atom stereocenters. The Kier molecular flexibility index (Phi) is 2.90. The lowest BCUT2D eigenvalue weighted by molar-refractivity contribution is 0.140. The summed E-state index contributed by atoms with van der Waals surface area (Å²) in [7, 11) is 0. The summed E-state index contributed by atoms with van der Waals surface area (Å²) in [6, 6.07) is 8.30. The van der Waals surface area contributed by atoms with E-state index in [2.05, 4.69) is 24.4 Å². The number of hydrogen-bond donors (Lipinski definition) is 1. The van der Waals surface area contributed by atoms with Gasteiger partial charge in [-0.3, -0.25) is 0 Å². The van der Waals surface area contributed by atoms with Gasteiger partial charge >= 0.3 is 6.09 Å². The van der Waals surface area contributed by atoms with Crippen LogP contribution in [0.1, 0.15) is 18.1 Å². The Bertz CT molecular complexity index is 362. The van der Waals surface area contributed by atoms with E-state index in [9.17, 15) is 4.79 Å². The Hall–Kier alpha value is -1.51. The fourth-order valence-electron chi connectivity index (χ4n) is 1.89. The number of aryl methyl sites for hydroxylation is 1. The van der Waals surface area contributed by atoms with Gasteiger partial charge in [0, 0.05) is 6.42 Å². The van der Waals surface area contributed by atoms with Crippen molar-refractivity contribution in [2.24, 2.45) is 0 Å². The van der Waals surface area contributed by atoms with Crippen molar-refractivity contribution in [3.05, 3.63) is 35.4 Å². The van der Waals surface area contributed by atoms with E-state index in [-0.39, 0.29) is 12.2 Å². The highest BCUT2D eigenvalue weighted by molar-refractivity contribution is 5.69. The maximum atomic E-state index is 10.9. The summed E-state index contributed by atoms with van der Waals surface area (Å²) in [6.07, 6.45) is 1.52. The first-order valence-electron chi connectivity index (χ1n) is 5.31. The number of amides is 1. The molecule has 1 amide bonds. The van der Waals surface area contributed by atoms with Gasteiger partial charge in [0.15, 0.2) is 0 Å². The minimum Gasteiger partial charge on any atom is -0.444 e. The summed E-state index contributed by atoms with van der Waals surface area (Å²) in [5.41, 5.74) is 2.61. The van der Waals surface area contributed by atoms with Gasteiger partial charge in [0.1, 0.15) is 6.10 Å². The number of hydrogen-bond acceptors (Lipinski definition) is 2. The lowest BCUT2D eigenvalue weighted by Gasteiger charge is -2.11. The molecule has 15 heavy (non-hydrogen) atoms. The number of benzene rings is 1. The van der Waals surface area contributed by atoms with Gasteiger partial charge in [-0.15, -0.1) is 0 Å². The Morgan fingerprint density at radius 1 is 1.40 bits per heavy atom. The summed E-state index contributed by atoms with van der Waals surface area (Å²) in [6.45, 7) is 2.76. The number of carbonyl (C=O) groups is 1. The Labute approximate surface area is 89.4 Å².